The first-order valence-corrected chi connectivity index (χ1v) is 12.5. The van der Waals surface area contributed by atoms with Crippen molar-refractivity contribution in [3.05, 3.63) is 6.33 Å². The summed E-state index contributed by atoms with van der Waals surface area (Å²) in [5.74, 6) is 0.433. The minimum atomic E-state index is -3.36. The Hall–Kier alpha value is -2.40. The van der Waals surface area contributed by atoms with E-state index in [9.17, 15) is 14.2 Å². The largest absolute Gasteiger partial charge is 0.369 e. The van der Waals surface area contributed by atoms with Crippen molar-refractivity contribution in [1.82, 2.24) is 29.7 Å². The molecule has 0 spiro atoms. The van der Waals surface area contributed by atoms with E-state index in [0.29, 0.717) is 29.6 Å². The van der Waals surface area contributed by atoms with Gasteiger partial charge in [-0.25, -0.2) is 15.2 Å². The molecular formula is C19H31N8O4P. The summed E-state index contributed by atoms with van der Waals surface area (Å²) in [6, 6.07) is -0.901. The molecule has 0 unspecified atom stereocenters. The second-order valence-corrected chi connectivity index (χ2v) is 10.4. The number of Topliss-reactive ketones (excluding diaryl/α,β-unsaturated/α-hetero) is 2. The lowest BCUT2D eigenvalue weighted by Crippen LogP contribution is -2.40. The monoisotopic (exact) mass is 466 g/mol. The van der Waals surface area contributed by atoms with E-state index in [1.807, 2.05) is 0 Å². The summed E-state index contributed by atoms with van der Waals surface area (Å²) in [6.07, 6.45) is 3.62. The molecule has 1 aliphatic carbocycles. The van der Waals surface area contributed by atoms with Crippen LogP contribution in [0, 0.1) is 0 Å². The Morgan fingerprint density at radius 3 is 2.41 bits per heavy atom. The molecule has 2 aromatic heterocycles. The fraction of sp³-hybridized carbons (Fsp3) is 0.632. The van der Waals surface area contributed by atoms with Crippen LogP contribution in [0.4, 0.5) is 11.8 Å². The Labute approximate surface area is 186 Å². The molecule has 2 aromatic rings. The highest BCUT2D eigenvalue weighted by Crippen LogP contribution is 2.37. The minimum absolute atomic E-state index is 0.151. The number of ether oxygens (including phenoxy) is 1. The van der Waals surface area contributed by atoms with E-state index in [0.717, 1.165) is 12.8 Å². The van der Waals surface area contributed by atoms with Gasteiger partial charge in [0.2, 0.25) is 13.4 Å². The number of anilines is 2. The van der Waals surface area contributed by atoms with Gasteiger partial charge >= 0.3 is 0 Å². The van der Waals surface area contributed by atoms with Crippen molar-refractivity contribution >= 4 is 41.9 Å². The van der Waals surface area contributed by atoms with Gasteiger partial charge in [-0.15, -0.1) is 0 Å². The maximum Gasteiger partial charge on any atom is 0.237 e. The number of aromatic nitrogens is 4. The van der Waals surface area contributed by atoms with Crippen LogP contribution in [0.3, 0.4) is 0 Å². The number of fused-ring (bicyclic) bond motifs is 1. The molecule has 5 N–H and O–H groups in total. The third-order valence-electron chi connectivity index (χ3n) is 5.17. The van der Waals surface area contributed by atoms with Gasteiger partial charge in [0.1, 0.15) is 17.9 Å². The Morgan fingerprint density at radius 1 is 1.22 bits per heavy atom. The number of nitrogens with zero attached hydrogens (tertiary/aromatic N) is 4. The number of ketones is 2. The maximum atomic E-state index is 13.3. The molecule has 0 saturated heterocycles. The molecule has 1 saturated carbocycles. The van der Waals surface area contributed by atoms with Gasteiger partial charge in [-0.2, -0.15) is 9.97 Å². The topological polar surface area (TPSA) is 166 Å². The number of nitrogens with two attached hydrogens (primary N) is 1. The predicted molar refractivity (Wildman–Crippen MR) is 121 cm³/mol. The first-order valence-electron chi connectivity index (χ1n) is 10.6. The maximum absolute atomic E-state index is 13.3. The van der Waals surface area contributed by atoms with Crippen LogP contribution in [0.15, 0.2) is 6.33 Å². The molecule has 32 heavy (non-hydrogen) atoms. The zero-order valence-corrected chi connectivity index (χ0v) is 19.7. The summed E-state index contributed by atoms with van der Waals surface area (Å²) in [6.45, 7) is 6.63. The Balaban J connectivity index is 1.64. The average molecular weight is 466 g/mol. The second-order valence-electron chi connectivity index (χ2n) is 8.16. The molecule has 12 nitrogen and oxygen atoms in total. The van der Waals surface area contributed by atoms with Crippen molar-refractivity contribution in [3.8, 4) is 0 Å². The lowest BCUT2D eigenvalue weighted by Gasteiger charge is -2.26. The molecule has 1 aliphatic rings. The van der Waals surface area contributed by atoms with Gasteiger partial charge in [0.15, 0.2) is 17.0 Å². The summed E-state index contributed by atoms with van der Waals surface area (Å²) < 4.78 is 20.8. The summed E-state index contributed by atoms with van der Waals surface area (Å²) >= 11 is 0. The Bertz CT molecular complexity index is 1010. The number of imidazole rings is 1. The summed E-state index contributed by atoms with van der Waals surface area (Å²) in [5.41, 5.74) is 7.07. The zero-order chi connectivity index (χ0) is 23.5. The second kappa shape index (κ2) is 10.0. The fourth-order valence-corrected chi connectivity index (χ4v) is 5.15. The lowest BCUT2D eigenvalue weighted by molar-refractivity contribution is -0.118. The summed E-state index contributed by atoms with van der Waals surface area (Å²) in [5, 5.41) is 8.90. The highest BCUT2D eigenvalue weighted by atomic mass is 31.2. The van der Waals surface area contributed by atoms with Crippen LogP contribution in [-0.2, 0) is 25.4 Å². The van der Waals surface area contributed by atoms with E-state index < -0.39 is 19.5 Å². The lowest BCUT2D eigenvalue weighted by atomic mass is 10.3. The van der Waals surface area contributed by atoms with Gasteiger partial charge in [-0.05, 0) is 40.5 Å². The number of nitrogen functional groups attached to an aromatic ring is 1. The van der Waals surface area contributed by atoms with Crippen LogP contribution in [0.1, 0.15) is 40.5 Å². The van der Waals surface area contributed by atoms with E-state index in [-0.39, 0.29) is 30.5 Å². The molecule has 0 amide bonds. The normalized spacial score (nSPS) is 16.1. The highest BCUT2D eigenvalue weighted by Gasteiger charge is 2.29. The number of nitrogens with one attached hydrogen (secondary N) is 3. The Kier molecular flexibility index (Phi) is 7.60. The number of carbonyl (C=O) groups excluding carboxylic acids is 2. The van der Waals surface area contributed by atoms with Crippen LogP contribution in [0.25, 0.3) is 11.2 Å². The van der Waals surface area contributed by atoms with Crippen LogP contribution < -0.4 is 21.2 Å². The molecule has 176 valence electrons. The van der Waals surface area contributed by atoms with E-state index in [1.165, 1.54) is 13.8 Å². The smallest absolute Gasteiger partial charge is 0.237 e. The van der Waals surface area contributed by atoms with E-state index in [1.54, 1.807) is 24.7 Å². The van der Waals surface area contributed by atoms with Gasteiger partial charge < -0.3 is 20.4 Å². The van der Waals surface area contributed by atoms with E-state index in [4.69, 9.17) is 10.5 Å². The molecular weight excluding hydrogens is 435 g/mol. The number of hydrogen-bond donors (Lipinski definition) is 4. The molecule has 1 fully saturated rings. The molecule has 0 bridgehead atoms. The van der Waals surface area contributed by atoms with Crippen molar-refractivity contribution in [3.63, 3.8) is 0 Å². The number of rotatable bonds is 13. The van der Waals surface area contributed by atoms with Crippen LogP contribution in [0.5, 0.6) is 0 Å². The molecule has 2 heterocycles. The van der Waals surface area contributed by atoms with Crippen LogP contribution in [-0.4, -0.2) is 62.2 Å². The van der Waals surface area contributed by atoms with Crippen LogP contribution >= 0.6 is 7.44 Å². The quantitative estimate of drug-likeness (QED) is 0.248. The van der Waals surface area contributed by atoms with Gasteiger partial charge in [0, 0.05) is 12.6 Å². The van der Waals surface area contributed by atoms with Gasteiger partial charge in [-0.3, -0.25) is 14.2 Å². The third-order valence-corrected chi connectivity index (χ3v) is 7.33. The van der Waals surface area contributed by atoms with E-state index >= 15 is 0 Å². The minimum Gasteiger partial charge on any atom is -0.369 e. The summed E-state index contributed by atoms with van der Waals surface area (Å²) in [7, 11) is -3.36. The average Bonchev–Trinajstić information content (AvgIpc) is 3.43. The first kappa shape index (κ1) is 24.2. The van der Waals surface area contributed by atoms with Crippen molar-refractivity contribution < 1.29 is 18.9 Å². The van der Waals surface area contributed by atoms with Gasteiger partial charge in [0.25, 0.3) is 0 Å². The van der Waals surface area contributed by atoms with Crippen molar-refractivity contribution in [2.24, 2.45) is 0 Å². The first-order chi connectivity index (χ1) is 15.1. The molecule has 0 aromatic carbocycles. The molecule has 0 radical (unpaired) electrons. The standard InChI is InChI=1S/C19H31N8O4P/c1-11(13(3)28)25-32(30,26-12(2)14(4)29)10-31-8-7-27-9-21-16-17(22-15-5-6-15)23-19(20)24-18(16)27/h9,11-12,15H,5-8,10H2,1-4H3,(H2,25,26,30)(H3,20,22,23,24)/t11-,12-/m0/s1. The third kappa shape index (κ3) is 6.32. The molecule has 2 atom stereocenters. The van der Waals surface area contributed by atoms with Gasteiger partial charge in [0.05, 0.1) is 25.0 Å². The molecule has 13 heteroatoms. The number of carbonyl (C=O) groups is 2. The summed E-state index contributed by atoms with van der Waals surface area (Å²) in [4.78, 5) is 36.2. The SMILES string of the molecule is CC(=O)[C@H](C)NP(=O)(COCCn1cnc2c(NC3CC3)nc(N)nc21)N[C@@H](C)C(C)=O. The van der Waals surface area contributed by atoms with E-state index in [2.05, 4.69) is 30.4 Å². The van der Waals surface area contributed by atoms with Crippen molar-refractivity contribution in [1.29, 1.82) is 0 Å². The molecule has 0 aliphatic heterocycles. The molecule has 3 rings (SSSR count). The Morgan fingerprint density at radius 2 is 1.84 bits per heavy atom. The van der Waals surface area contributed by atoms with Crippen LogP contribution in [0.2, 0.25) is 0 Å². The van der Waals surface area contributed by atoms with Crippen molar-refractivity contribution in [2.45, 2.75) is 65.2 Å². The number of hydrogen-bond acceptors (Lipinski definition) is 9. The fourth-order valence-electron chi connectivity index (χ4n) is 2.92. The highest BCUT2D eigenvalue weighted by molar-refractivity contribution is 7.59. The van der Waals surface area contributed by atoms with Crippen molar-refractivity contribution in [2.75, 3.05) is 24.0 Å². The van der Waals surface area contributed by atoms with Gasteiger partial charge in [-0.1, -0.05) is 0 Å². The predicted octanol–water partition coefficient (Wildman–Crippen LogP) is 1.28. The zero-order valence-electron chi connectivity index (χ0n) is 18.8.